The lowest BCUT2D eigenvalue weighted by Crippen LogP contribution is -2.39. The summed E-state index contributed by atoms with van der Waals surface area (Å²) in [6.45, 7) is 4.66. The first kappa shape index (κ1) is 21.7. The number of hydrazone groups is 1. The van der Waals surface area contributed by atoms with E-state index in [4.69, 9.17) is 27.9 Å². The summed E-state index contributed by atoms with van der Waals surface area (Å²) in [5, 5.41) is 7.27. The van der Waals surface area contributed by atoms with E-state index in [1.54, 1.807) is 36.4 Å². The lowest BCUT2D eigenvalue weighted by atomic mass is 10.2. The Balaban J connectivity index is 1.81. The smallest absolute Gasteiger partial charge is 0.329 e. The molecule has 0 unspecified atom stereocenters. The minimum Gasteiger partial charge on any atom is -0.489 e. The standard InChI is InChI=1S/C20H21Cl2N3O3/c1-13(2)10-23-19(26)20(27)25-24-11-14-3-6-16(7-4-14)28-12-15-5-8-17(21)18(22)9-15/h3-9,11,13H,10,12H2,1-2H3,(H,23,26)(H,25,27)/b24-11-. The molecule has 2 aromatic rings. The van der Waals surface area contributed by atoms with E-state index in [2.05, 4.69) is 15.8 Å². The van der Waals surface area contributed by atoms with Gasteiger partial charge in [-0.05, 0) is 53.4 Å². The zero-order chi connectivity index (χ0) is 20.5. The predicted molar refractivity (Wildman–Crippen MR) is 111 cm³/mol. The number of benzene rings is 2. The summed E-state index contributed by atoms with van der Waals surface area (Å²) in [6.07, 6.45) is 1.44. The average molecular weight is 422 g/mol. The predicted octanol–water partition coefficient (Wildman–Crippen LogP) is 3.79. The SMILES string of the molecule is CC(C)CNC(=O)C(=O)N/N=C\c1ccc(OCc2ccc(Cl)c(Cl)c2)cc1. The van der Waals surface area contributed by atoms with E-state index in [0.29, 0.717) is 28.9 Å². The Labute approximate surface area is 173 Å². The van der Waals surface area contributed by atoms with Crippen molar-refractivity contribution in [3.05, 3.63) is 63.6 Å². The molecular formula is C20H21Cl2N3O3. The molecule has 2 aromatic carbocycles. The van der Waals surface area contributed by atoms with Crippen molar-refractivity contribution in [2.24, 2.45) is 11.0 Å². The van der Waals surface area contributed by atoms with Crippen LogP contribution in [0.15, 0.2) is 47.6 Å². The second kappa shape index (κ2) is 10.7. The molecule has 0 bridgehead atoms. The Morgan fingerprint density at radius 2 is 1.79 bits per heavy atom. The molecule has 0 aliphatic rings. The number of halogens is 2. The van der Waals surface area contributed by atoms with Crippen molar-refractivity contribution < 1.29 is 14.3 Å². The molecule has 0 atom stereocenters. The summed E-state index contributed by atoms with van der Waals surface area (Å²) in [7, 11) is 0. The Hall–Kier alpha value is -2.57. The molecule has 2 N–H and O–H groups in total. The van der Waals surface area contributed by atoms with Gasteiger partial charge in [0.25, 0.3) is 0 Å². The van der Waals surface area contributed by atoms with Crippen LogP contribution in [0.5, 0.6) is 5.75 Å². The summed E-state index contributed by atoms with van der Waals surface area (Å²) < 4.78 is 5.69. The number of carbonyl (C=O) groups is 2. The third kappa shape index (κ3) is 7.21. The molecule has 2 rings (SSSR count). The van der Waals surface area contributed by atoms with Crippen molar-refractivity contribution in [1.29, 1.82) is 0 Å². The first-order chi connectivity index (χ1) is 13.3. The molecule has 0 aromatic heterocycles. The highest BCUT2D eigenvalue weighted by Crippen LogP contribution is 2.23. The van der Waals surface area contributed by atoms with Gasteiger partial charge in [-0.2, -0.15) is 5.10 Å². The van der Waals surface area contributed by atoms with Gasteiger partial charge in [0.05, 0.1) is 16.3 Å². The molecular weight excluding hydrogens is 401 g/mol. The van der Waals surface area contributed by atoms with E-state index >= 15 is 0 Å². The van der Waals surface area contributed by atoms with Crippen molar-refractivity contribution in [3.63, 3.8) is 0 Å². The highest BCUT2D eigenvalue weighted by Gasteiger charge is 2.12. The van der Waals surface area contributed by atoms with E-state index in [1.807, 2.05) is 19.9 Å². The van der Waals surface area contributed by atoms with Gasteiger partial charge in [-0.25, -0.2) is 5.43 Å². The second-order valence-corrected chi connectivity index (χ2v) is 7.22. The largest absolute Gasteiger partial charge is 0.489 e. The van der Waals surface area contributed by atoms with Gasteiger partial charge < -0.3 is 10.1 Å². The number of nitrogens with one attached hydrogen (secondary N) is 2. The summed E-state index contributed by atoms with van der Waals surface area (Å²) in [5.41, 5.74) is 3.83. The normalized spacial score (nSPS) is 10.9. The molecule has 0 saturated carbocycles. The van der Waals surface area contributed by atoms with Gasteiger partial charge in [0.15, 0.2) is 0 Å². The summed E-state index contributed by atoms with van der Waals surface area (Å²) in [6, 6.07) is 12.4. The fraction of sp³-hybridized carbons (Fsp3) is 0.250. The molecule has 0 radical (unpaired) electrons. The zero-order valence-corrected chi connectivity index (χ0v) is 17.1. The molecule has 148 valence electrons. The first-order valence-corrected chi connectivity index (χ1v) is 9.38. The second-order valence-electron chi connectivity index (χ2n) is 6.41. The lowest BCUT2D eigenvalue weighted by molar-refractivity contribution is -0.139. The van der Waals surface area contributed by atoms with Gasteiger partial charge in [-0.15, -0.1) is 0 Å². The molecule has 6 nitrogen and oxygen atoms in total. The van der Waals surface area contributed by atoms with Crippen molar-refractivity contribution in [2.75, 3.05) is 6.54 Å². The molecule has 0 fully saturated rings. The maximum absolute atomic E-state index is 11.6. The van der Waals surface area contributed by atoms with Crippen LogP contribution >= 0.6 is 23.2 Å². The van der Waals surface area contributed by atoms with Crippen LogP contribution < -0.4 is 15.5 Å². The maximum atomic E-state index is 11.6. The van der Waals surface area contributed by atoms with Crippen molar-refractivity contribution >= 4 is 41.2 Å². The number of nitrogens with zero attached hydrogens (tertiary/aromatic N) is 1. The maximum Gasteiger partial charge on any atom is 0.329 e. The molecule has 0 aliphatic heterocycles. The van der Waals surface area contributed by atoms with Crippen molar-refractivity contribution in [3.8, 4) is 5.75 Å². The summed E-state index contributed by atoms with van der Waals surface area (Å²) in [4.78, 5) is 23.1. The van der Waals surface area contributed by atoms with Crippen LogP contribution in [0.1, 0.15) is 25.0 Å². The Bertz CT molecular complexity index is 852. The van der Waals surface area contributed by atoms with E-state index in [-0.39, 0.29) is 5.92 Å². The van der Waals surface area contributed by atoms with E-state index in [0.717, 1.165) is 11.1 Å². The Morgan fingerprint density at radius 3 is 2.43 bits per heavy atom. The quantitative estimate of drug-likeness (QED) is 0.405. The number of rotatable bonds is 7. The molecule has 2 amide bonds. The lowest BCUT2D eigenvalue weighted by Gasteiger charge is -2.07. The highest BCUT2D eigenvalue weighted by molar-refractivity contribution is 6.42. The van der Waals surface area contributed by atoms with Gasteiger partial charge in [-0.1, -0.05) is 43.1 Å². The number of amides is 2. The number of carbonyl (C=O) groups excluding carboxylic acids is 2. The topological polar surface area (TPSA) is 79.8 Å². The first-order valence-electron chi connectivity index (χ1n) is 8.63. The van der Waals surface area contributed by atoms with Gasteiger partial charge in [-0.3, -0.25) is 9.59 Å². The highest BCUT2D eigenvalue weighted by atomic mass is 35.5. The molecule has 0 heterocycles. The van der Waals surface area contributed by atoms with Gasteiger partial charge in [0.2, 0.25) is 0 Å². The van der Waals surface area contributed by atoms with Crippen LogP contribution in [-0.4, -0.2) is 24.6 Å². The average Bonchev–Trinajstić information content (AvgIpc) is 2.67. The molecule has 28 heavy (non-hydrogen) atoms. The Morgan fingerprint density at radius 1 is 1.07 bits per heavy atom. The third-order valence-corrected chi connectivity index (χ3v) is 4.27. The van der Waals surface area contributed by atoms with Crippen LogP contribution in [0, 0.1) is 5.92 Å². The van der Waals surface area contributed by atoms with Gasteiger partial charge in [0.1, 0.15) is 12.4 Å². The third-order valence-electron chi connectivity index (χ3n) is 3.53. The molecule has 8 heteroatoms. The summed E-state index contributed by atoms with van der Waals surface area (Å²) >= 11 is 11.9. The fourth-order valence-electron chi connectivity index (χ4n) is 2.04. The van der Waals surface area contributed by atoms with Crippen LogP contribution in [0.25, 0.3) is 0 Å². The molecule has 0 saturated heterocycles. The van der Waals surface area contributed by atoms with E-state index < -0.39 is 11.8 Å². The minimum atomic E-state index is -0.807. The van der Waals surface area contributed by atoms with Crippen molar-refractivity contribution in [1.82, 2.24) is 10.7 Å². The number of hydrogen-bond donors (Lipinski definition) is 2. The van der Waals surface area contributed by atoms with Crippen LogP contribution in [-0.2, 0) is 16.2 Å². The van der Waals surface area contributed by atoms with E-state index in [1.165, 1.54) is 6.21 Å². The minimum absolute atomic E-state index is 0.262. The Kier molecular flexibility index (Phi) is 8.29. The monoisotopic (exact) mass is 421 g/mol. The number of hydrogen-bond acceptors (Lipinski definition) is 4. The van der Waals surface area contributed by atoms with Gasteiger partial charge >= 0.3 is 11.8 Å². The molecule has 0 aliphatic carbocycles. The van der Waals surface area contributed by atoms with E-state index in [9.17, 15) is 9.59 Å². The van der Waals surface area contributed by atoms with Crippen LogP contribution in [0.2, 0.25) is 10.0 Å². The zero-order valence-electron chi connectivity index (χ0n) is 15.5. The van der Waals surface area contributed by atoms with Crippen molar-refractivity contribution in [2.45, 2.75) is 20.5 Å². The summed E-state index contributed by atoms with van der Waals surface area (Å²) in [5.74, 6) is -0.589. The van der Waals surface area contributed by atoms with Crippen LogP contribution in [0.4, 0.5) is 0 Å². The molecule has 0 spiro atoms. The fourth-order valence-corrected chi connectivity index (χ4v) is 2.36. The number of ether oxygens (including phenoxy) is 1. The van der Waals surface area contributed by atoms with Gasteiger partial charge in [0, 0.05) is 6.54 Å². The van der Waals surface area contributed by atoms with Crippen LogP contribution in [0.3, 0.4) is 0 Å².